The van der Waals surface area contributed by atoms with E-state index in [4.69, 9.17) is 52.1 Å². The number of nitrogens with two attached hydrogens (primary N) is 1. The number of hydrogen-bond donors (Lipinski definition) is 1. The van der Waals surface area contributed by atoms with Crippen LogP contribution < -0.4 is 5.73 Å². The highest BCUT2D eigenvalue weighted by Crippen LogP contribution is 2.41. The predicted molar refractivity (Wildman–Crippen MR) is 185 cm³/mol. The molecule has 5 aliphatic rings. The smallest absolute Gasteiger partial charge is 0.261 e. The minimum absolute atomic E-state index is 0.0186. The monoisotopic (exact) mass is 698 g/mol. The number of imide groups is 1. The Morgan fingerprint density at radius 1 is 0.565 bits per heavy atom. The molecule has 6 nitrogen and oxygen atoms in total. The van der Waals surface area contributed by atoms with E-state index in [2.05, 4.69) is 15.9 Å². The van der Waals surface area contributed by atoms with Gasteiger partial charge in [0.1, 0.15) is 0 Å². The van der Waals surface area contributed by atoms with Crippen molar-refractivity contribution in [2.24, 2.45) is 5.73 Å². The number of carbonyl (C=O) groups is 2. The molecule has 4 bridgehead atoms. The van der Waals surface area contributed by atoms with Crippen LogP contribution in [0, 0.1) is 0 Å². The summed E-state index contributed by atoms with van der Waals surface area (Å²) < 4.78 is 0. The molecule has 0 spiro atoms. The van der Waals surface area contributed by atoms with Crippen LogP contribution in [0.15, 0.2) is 60.7 Å². The molecule has 0 aromatic heterocycles. The van der Waals surface area contributed by atoms with Crippen LogP contribution in [0.5, 0.6) is 0 Å². The van der Waals surface area contributed by atoms with E-state index < -0.39 is 0 Å². The van der Waals surface area contributed by atoms with Crippen LogP contribution in [0.2, 0.25) is 20.1 Å². The number of nitrogens with zero attached hydrogens (tertiary/aromatic N) is 3. The molecule has 8 rings (SSSR count). The average Bonchev–Trinajstić information content (AvgIpc) is 3.52. The third kappa shape index (κ3) is 6.35. The zero-order chi connectivity index (χ0) is 32.1. The van der Waals surface area contributed by atoms with Gasteiger partial charge < -0.3 is 5.73 Å². The van der Waals surface area contributed by atoms with Gasteiger partial charge in [-0.3, -0.25) is 24.3 Å². The molecule has 0 saturated carbocycles. The second-order valence-corrected chi connectivity index (χ2v) is 15.1. The summed E-state index contributed by atoms with van der Waals surface area (Å²) in [7, 11) is 0. The van der Waals surface area contributed by atoms with Crippen LogP contribution in [-0.2, 0) is 13.1 Å². The molecular weight excluding hydrogens is 662 g/mol. The van der Waals surface area contributed by atoms with E-state index in [9.17, 15) is 9.59 Å². The van der Waals surface area contributed by atoms with Crippen molar-refractivity contribution in [3.8, 4) is 0 Å². The van der Waals surface area contributed by atoms with Crippen LogP contribution in [0.4, 0.5) is 0 Å². The second kappa shape index (κ2) is 13.4. The van der Waals surface area contributed by atoms with Crippen LogP contribution >= 0.6 is 46.4 Å². The summed E-state index contributed by atoms with van der Waals surface area (Å²) in [6.07, 6.45) is 8.74. The molecule has 3 aromatic carbocycles. The van der Waals surface area contributed by atoms with Crippen LogP contribution in [0.1, 0.15) is 83.2 Å². The lowest BCUT2D eigenvalue weighted by Crippen LogP contribution is -2.51. The standard InChI is InChI=1S/C22H20Cl2N2O2.C14H18Cl2N2/c23-19-8-5-13(9-20(19)24)12-25-14-6-7-15(25)11-16(10-14)26-21(27)17-3-1-2-4-18(17)22(26)28;15-13-4-1-9(5-14(13)16)8-18-11-2-3-12(18)7-10(17)6-11/h1-5,8-9,14-16H,6-7,10-12H2;1,4-5,10-12H,2-3,6-8,17H2/t;10?,11-,12+. The molecule has 5 atom stereocenters. The van der Waals surface area contributed by atoms with E-state index in [0.29, 0.717) is 61.4 Å². The van der Waals surface area contributed by atoms with E-state index in [0.717, 1.165) is 57.2 Å². The summed E-state index contributed by atoms with van der Waals surface area (Å²) in [5, 5.41) is 2.42. The van der Waals surface area contributed by atoms with E-state index >= 15 is 0 Å². The molecule has 2 N–H and O–H groups in total. The fourth-order valence-electron chi connectivity index (χ4n) is 8.53. The average molecular weight is 701 g/mol. The minimum atomic E-state index is -0.136. The molecule has 5 heterocycles. The molecule has 4 saturated heterocycles. The highest BCUT2D eigenvalue weighted by molar-refractivity contribution is 6.42. The number of amides is 2. The van der Waals surface area contributed by atoms with Crippen LogP contribution in [0.3, 0.4) is 0 Å². The predicted octanol–water partition coefficient (Wildman–Crippen LogP) is 8.23. The maximum absolute atomic E-state index is 12.8. The first-order chi connectivity index (χ1) is 22.2. The lowest BCUT2D eigenvalue weighted by Gasteiger charge is -2.41. The molecule has 0 aliphatic carbocycles. The van der Waals surface area contributed by atoms with E-state index in [1.54, 1.807) is 12.1 Å². The van der Waals surface area contributed by atoms with Gasteiger partial charge in [-0.2, -0.15) is 0 Å². The fourth-order valence-corrected chi connectivity index (χ4v) is 9.17. The second-order valence-electron chi connectivity index (χ2n) is 13.5. The number of hydrogen-bond acceptors (Lipinski definition) is 5. The molecule has 10 heteroatoms. The number of piperidine rings is 2. The lowest BCUT2D eigenvalue weighted by atomic mass is 9.95. The van der Waals surface area contributed by atoms with Gasteiger partial charge in [0.25, 0.3) is 11.8 Å². The van der Waals surface area contributed by atoms with Crippen molar-refractivity contribution in [2.75, 3.05) is 0 Å². The zero-order valence-corrected chi connectivity index (χ0v) is 28.6. The highest BCUT2D eigenvalue weighted by atomic mass is 35.5. The number of benzene rings is 3. The van der Waals surface area contributed by atoms with Gasteiger partial charge in [0.2, 0.25) is 0 Å². The Morgan fingerprint density at radius 3 is 1.39 bits per heavy atom. The van der Waals surface area contributed by atoms with Gasteiger partial charge in [-0.25, -0.2) is 0 Å². The number of rotatable bonds is 5. The van der Waals surface area contributed by atoms with Crippen LogP contribution in [0.25, 0.3) is 0 Å². The van der Waals surface area contributed by atoms with Gasteiger partial charge in [0.05, 0.1) is 31.2 Å². The van der Waals surface area contributed by atoms with Gasteiger partial charge in [-0.1, -0.05) is 70.7 Å². The lowest BCUT2D eigenvalue weighted by molar-refractivity contribution is 0.0378. The van der Waals surface area contributed by atoms with E-state index in [-0.39, 0.29) is 17.9 Å². The first-order valence-corrected chi connectivity index (χ1v) is 17.8. The summed E-state index contributed by atoms with van der Waals surface area (Å²) >= 11 is 24.2. The molecule has 3 aromatic rings. The van der Waals surface area contributed by atoms with Crippen molar-refractivity contribution >= 4 is 58.2 Å². The summed E-state index contributed by atoms with van der Waals surface area (Å²) in [5.41, 5.74) is 9.56. The Labute approximate surface area is 290 Å². The van der Waals surface area contributed by atoms with E-state index in [1.807, 2.05) is 42.5 Å². The van der Waals surface area contributed by atoms with Crippen molar-refractivity contribution in [1.29, 1.82) is 0 Å². The normalized spacial score (nSPS) is 28.8. The maximum atomic E-state index is 12.8. The molecule has 4 fully saturated rings. The summed E-state index contributed by atoms with van der Waals surface area (Å²) in [5.74, 6) is -0.272. The third-order valence-electron chi connectivity index (χ3n) is 10.7. The molecule has 0 radical (unpaired) electrons. The van der Waals surface area contributed by atoms with Gasteiger partial charge in [-0.15, -0.1) is 0 Å². The Kier molecular flexibility index (Phi) is 9.43. The number of carbonyl (C=O) groups excluding carboxylic acids is 2. The maximum Gasteiger partial charge on any atom is 0.261 e. The molecule has 2 amide bonds. The molecule has 5 aliphatic heterocycles. The van der Waals surface area contributed by atoms with Crippen molar-refractivity contribution in [1.82, 2.24) is 14.7 Å². The Hall–Kier alpha value is -2.16. The van der Waals surface area contributed by atoms with Crippen molar-refractivity contribution in [3.63, 3.8) is 0 Å². The topological polar surface area (TPSA) is 69.9 Å². The van der Waals surface area contributed by atoms with Crippen LogP contribution in [-0.4, -0.2) is 62.8 Å². The largest absolute Gasteiger partial charge is 0.328 e. The Bertz CT molecular complexity index is 1590. The Morgan fingerprint density at radius 2 is 0.978 bits per heavy atom. The molecular formula is C36H38Cl4N4O2. The zero-order valence-electron chi connectivity index (χ0n) is 25.6. The first kappa shape index (κ1) is 32.4. The van der Waals surface area contributed by atoms with Gasteiger partial charge in [-0.05, 0) is 98.9 Å². The fraction of sp³-hybridized carbons (Fsp3) is 0.444. The first-order valence-electron chi connectivity index (χ1n) is 16.3. The van der Waals surface area contributed by atoms with Crippen molar-refractivity contribution < 1.29 is 9.59 Å². The molecule has 46 heavy (non-hydrogen) atoms. The molecule has 3 unspecified atom stereocenters. The summed E-state index contributed by atoms with van der Waals surface area (Å²) in [6.45, 7) is 1.79. The minimum Gasteiger partial charge on any atom is -0.328 e. The Balaban J connectivity index is 0.000000162. The number of halogens is 4. The van der Waals surface area contributed by atoms with Gasteiger partial charge >= 0.3 is 0 Å². The summed E-state index contributed by atoms with van der Waals surface area (Å²) in [4.78, 5) is 32.3. The quantitative estimate of drug-likeness (QED) is 0.272. The SMILES string of the molecule is NC1C[C@H]2CC[C@@H](C1)N2Cc1ccc(Cl)c(Cl)c1.O=C1c2ccccc2C(=O)N1C1CC2CCC(C1)N2Cc1ccc(Cl)c(Cl)c1. The third-order valence-corrected chi connectivity index (χ3v) is 12.1. The number of fused-ring (bicyclic) bond motifs is 5. The molecule has 242 valence electrons. The van der Waals surface area contributed by atoms with Gasteiger partial charge in [0.15, 0.2) is 0 Å². The summed E-state index contributed by atoms with van der Waals surface area (Å²) in [6, 6.07) is 21.3. The van der Waals surface area contributed by atoms with Gasteiger partial charge in [0, 0.05) is 49.3 Å². The van der Waals surface area contributed by atoms with Crippen molar-refractivity contribution in [2.45, 2.75) is 101 Å². The highest BCUT2D eigenvalue weighted by Gasteiger charge is 2.47. The van der Waals surface area contributed by atoms with E-state index in [1.165, 1.54) is 23.3 Å². The van der Waals surface area contributed by atoms with Crippen molar-refractivity contribution in [3.05, 3.63) is 103 Å².